The number of hydrogen-bond donors (Lipinski definition) is 3. The van der Waals surface area contributed by atoms with E-state index in [1.165, 1.54) is 4.90 Å². The van der Waals surface area contributed by atoms with Gasteiger partial charge in [-0.15, -0.1) is 11.3 Å². The van der Waals surface area contributed by atoms with Crippen LogP contribution in [-0.4, -0.2) is 45.8 Å². The Bertz CT molecular complexity index is 516. The summed E-state index contributed by atoms with van der Waals surface area (Å²) in [7, 11) is 0. The van der Waals surface area contributed by atoms with Crippen molar-refractivity contribution < 1.29 is 19.8 Å². The summed E-state index contributed by atoms with van der Waals surface area (Å²) in [4.78, 5) is 26.6. The van der Waals surface area contributed by atoms with E-state index in [1.807, 2.05) is 26.0 Å². The minimum atomic E-state index is -1.09. The minimum absolute atomic E-state index is 0.0546. The number of carbonyl (C=O) groups is 2. The number of likely N-dealkylation sites (tertiary alicyclic amines) is 1. The molecule has 3 atom stereocenters. The first kappa shape index (κ1) is 14.8. The summed E-state index contributed by atoms with van der Waals surface area (Å²) in [5.74, 6) is -1.09. The number of aryl methyl sites for hydroxylation is 1. The van der Waals surface area contributed by atoms with E-state index in [2.05, 4.69) is 5.32 Å². The third-order valence-corrected chi connectivity index (χ3v) is 4.54. The molecule has 110 valence electrons. The molecule has 0 bridgehead atoms. The fourth-order valence-corrected chi connectivity index (χ4v) is 3.18. The van der Waals surface area contributed by atoms with Crippen LogP contribution in [0.2, 0.25) is 0 Å². The van der Waals surface area contributed by atoms with Crippen LogP contribution in [0.3, 0.4) is 0 Å². The van der Waals surface area contributed by atoms with Gasteiger partial charge in [0.15, 0.2) is 0 Å². The van der Waals surface area contributed by atoms with Gasteiger partial charge in [-0.2, -0.15) is 0 Å². The fourth-order valence-electron chi connectivity index (χ4n) is 2.30. The first-order valence-corrected chi connectivity index (χ1v) is 7.24. The van der Waals surface area contributed by atoms with Crippen LogP contribution in [0, 0.1) is 6.92 Å². The van der Waals surface area contributed by atoms with Crippen LogP contribution in [-0.2, 0) is 4.79 Å². The van der Waals surface area contributed by atoms with Gasteiger partial charge in [0, 0.05) is 22.7 Å². The van der Waals surface area contributed by atoms with Gasteiger partial charge in [0.25, 0.3) is 0 Å². The summed E-state index contributed by atoms with van der Waals surface area (Å²) in [6.07, 6.45) is -0.698. The summed E-state index contributed by atoms with van der Waals surface area (Å²) < 4.78 is 0. The molecule has 0 radical (unpaired) electrons. The third kappa shape index (κ3) is 3.10. The van der Waals surface area contributed by atoms with E-state index in [9.17, 15) is 14.7 Å². The van der Waals surface area contributed by atoms with Crippen molar-refractivity contribution in [2.45, 2.75) is 38.5 Å². The molecule has 1 aliphatic rings. The average Bonchev–Trinajstić information content (AvgIpc) is 2.95. The van der Waals surface area contributed by atoms with Crippen molar-refractivity contribution >= 4 is 23.3 Å². The minimum Gasteiger partial charge on any atom is -0.480 e. The fraction of sp³-hybridized carbons (Fsp3) is 0.538. The lowest BCUT2D eigenvalue weighted by Gasteiger charge is -2.23. The van der Waals surface area contributed by atoms with Crippen LogP contribution >= 0.6 is 11.3 Å². The molecule has 1 aliphatic heterocycles. The quantitative estimate of drug-likeness (QED) is 0.785. The number of carboxylic acids is 1. The maximum absolute atomic E-state index is 12.1. The number of carboxylic acid groups (broad SMARTS) is 1. The third-order valence-electron chi connectivity index (χ3n) is 3.35. The lowest BCUT2D eigenvalue weighted by molar-refractivity contribution is -0.141. The first-order valence-electron chi connectivity index (χ1n) is 6.43. The number of carbonyl (C=O) groups excluding carboxylic acids is 1. The van der Waals surface area contributed by atoms with Gasteiger partial charge in [0.2, 0.25) is 0 Å². The predicted octanol–water partition coefficient (Wildman–Crippen LogP) is 1.35. The number of amides is 2. The van der Waals surface area contributed by atoms with E-state index in [0.29, 0.717) is 0 Å². The Morgan fingerprint density at radius 1 is 1.50 bits per heavy atom. The zero-order valence-corrected chi connectivity index (χ0v) is 12.2. The van der Waals surface area contributed by atoms with E-state index in [0.717, 1.165) is 9.75 Å². The van der Waals surface area contributed by atoms with E-state index in [-0.39, 0.29) is 19.0 Å². The summed E-state index contributed by atoms with van der Waals surface area (Å²) in [6, 6.07) is 2.32. The van der Waals surface area contributed by atoms with Gasteiger partial charge in [-0.05, 0) is 26.0 Å². The molecular formula is C13H18N2O4S. The van der Waals surface area contributed by atoms with Crippen molar-refractivity contribution in [1.29, 1.82) is 0 Å². The summed E-state index contributed by atoms with van der Waals surface area (Å²) in [6.45, 7) is 3.89. The Hall–Kier alpha value is -1.60. The highest BCUT2D eigenvalue weighted by Crippen LogP contribution is 2.24. The highest BCUT2D eigenvalue weighted by atomic mass is 32.1. The number of β-amino-alcohol motifs (C(OH)–C–C–N with tert-alkyl or cyclic N) is 1. The number of aliphatic hydroxyl groups excluding tert-OH is 1. The standard InChI is InChI=1S/C13H18N2O4S/c1-7-3-4-11(20-7)8(2)14-13(19)15-6-9(16)5-10(15)12(17)18/h3-4,8-10,16H,5-6H2,1-2H3,(H,14,19)(H,17,18)/t8?,9-,10+/m1/s1. The summed E-state index contributed by atoms with van der Waals surface area (Å²) in [5, 5.41) is 21.4. The molecule has 2 rings (SSSR count). The van der Waals surface area contributed by atoms with Gasteiger partial charge in [-0.25, -0.2) is 9.59 Å². The molecule has 0 aliphatic carbocycles. The van der Waals surface area contributed by atoms with Crippen LogP contribution in [0.1, 0.15) is 29.1 Å². The molecule has 1 unspecified atom stereocenters. The second kappa shape index (κ2) is 5.80. The van der Waals surface area contributed by atoms with Crippen molar-refractivity contribution in [3.05, 3.63) is 21.9 Å². The number of aliphatic hydroxyl groups is 1. The normalized spacial score (nSPS) is 23.6. The molecule has 7 heteroatoms. The highest BCUT2D eigenvalue weighted by molar-refractivity contribution is 7.12. The zero-order chi connectivity index (χ0) is 14.9. The number of nitrogens with zero attached hydrogens (tertiary/aromatic N) is 1. The lowest BCUT2D eigenvalue weighted by atomic mass is 10.2. The van der Waals surface area contributed by atoms with E-state index < -0.39 is 24.1 Å². The maximum Gasteiger partial charge on any atom is 0.326 e. The molecule has 1 aromatic rings. The molecule has 0 spiro atoms. The Labute approximate surface area is 121 Å². The zero-order valence-electron chi connectivity index (χ0n) is 11.4. The van der Waals surface area contributed by atoms with E-state index >= 15 is 0 Å². The molecule has 2 heterocycles. The lowest BCUT2D eigenvalue weighted by Crippen LogP contribution is -2.46. The van der Waals surface area contributed by atoms with Crippen LogP contribution in [0.5, 0.6) is 0 Å². The molecule has 1 aromatic heterocycles. The average molecular weight is 298 g/mol. The summed E-state index contributed by atoms with van der Waals surface area (Å²) >= 11 is 1.59. The van der Waals surface area contributed by atoms with Crippen molar-refractivity contribution in [2.75, 3.05) is 6.54 Å². The molecular weight excluding hydrogens is 280 g/mol. The Kier molecular flexibility index (Phi) is 4.29. The summed E-state index contributed by atoms with van der Waals surface area (Å²) in [5.41, 5.74) is 0. The van der Waals surface area contributed by atoms with Gasteiger partial charge in [-0.3, -0.25) is 0 Å². The number of nitrogens with one attached hydrogen (secondary N) is 1. The SMILES string of the molecule is Cc1ccc(C(C)NC(=O)N2C[C@H](O)C[C@H]2C(=O)O)s1. The molecule has 3 N–H and O–H groups in total. The number of aliphatic carboxylic acids is 1. The Morgan fingerprint density at radius 2 is 2.20 bits per heavy atom. The second-order valence-corrected chi connectivity index (χ2v) is 6.33. The molecule has 0 saturated carbocycles. The smallest absolute Gasteiger partial charge is 0.326 e. The number of urea groups is 1. The van der Waals surface area contributed by atoms with Gasteiger partial charge in [0.05, 0.1) is 12.1 Å². The van der Waals surface area contributed by atoms with Crippen molar-refractivity contribution in [2.24, 2.45) is 0 Å². The first-order chi connectivity index (χ1) is 9.38. The molecule has 6 nitrogen and oxygen atoms in total. The largest absolute Gasteiger partial charge is 0.480 e. The molecule has 1 saturated heterocycles. The van der Waals surface area contributed by atoms with Gasteiger partial charge in [0.1, 0.15) is 6.04 Å². The van der Waals surface area contributed by atoms with Crippen LogP contribution in [0.25, 0.3) is 0 Å². The van der Waals surface area contributed by atoms with E-state index in [1.54, 1.807) is 11.3 Å². The topological polar surface area (TPSA) is 89.9 Å². The highest BCUT2D eigenvalue weighted by Gasteiger charge is 2.39. The molecule has 20 heavy (non-hydrogen) atoms. The molecule has 0 aromatic carbocycles. The van der Waals surface area contributed by atoms with Crippen LogP contribution in [0.15, 0.2) is 12.1 Å². The van der Waals surface area contributed by atoms with Gasteiger partial charge >= 0.3 is 12.0 Å². The molecule has 2 amide bonds. The predicted molar refractivity (Wildman–Crippen MR) is 74.8 cm³/mol. The number of rotatable bonds is 3. The maximum atomic E-state index is 12.1. The van der Waals surface area contributed by atoms with Gasteiger partial charge < -0.3 is 20.4 Å². The van der Waals surface area contributed by atoms with Crippen molar-refractivity contribution in [3.63, 3.8) is 0 Å². The second-order valence-electron chi connectivity index (χ2n) is 5.02. The Morgan fingerprint density at radius 3 is 2.75 bits per heavy atom. The van der Waals surface area contributed by atoms with Crippen molar-refractivity contribution in [1.82, 2.24) is 10.2 Å². The van der Waals surface area contributed by atoms with E-state index in [4.69, 9.17) is 5.11 Å². The Balaban J connectivity index is 2.02. The van der Waals surface area contributed by atoms with Gasteiger partial charge in [-0.1, -0.05) is 0 Å². The number of thiophene rings is 1. The van der Waals surface area contributed by atoms with Crippen LogP contribution in [0.4, 0.5) is 4.79 Å². The van der Waals surface area contributed by atoms with Crippen molar-refractivity contribution in [3.8, 4) is 0 Å². The molecule has 1 fully saturated rings. The monoisotopic (exact) mass is 298 g/mol. The number of hydrogen-bond acceptors (Lipinski definition) is 4. The van der Waals surface area contributed by atoms with Crippen LogP contribution < -0.4 is 5.32 Å².